The number of hydrogen-bond acceptors (Lipinski definition) is 5. The van der Waals surface area contributed by atoms with Crippen molar-refractivity contribution >= 4 is 5.82 Å². The first kappa shape index (κ1) is 13.8. The summed E-state index contributed by atoms with van der Waals surface area (Å²) in [6, 6.07) is 2.57. The average molecular weight is 276 g/mol. The van der Waals surface area contributed by atoms with Crippen LogP contribution in [0.15, 0.2) is 6.07 Å². The maximum Gasteiger partial charge on any atom is 0.144 e. The highest BCUT2D eigenvalue weighted by atomic mass is 16.5. The van der Waals surface area contributed by atoms with Crippen molar-refractivity contribution in [3.8, 4) is 0 Å². The van der Waals surface area contributed by atoms with Crippen molar-refractivity contribution in [3.05, 3.63) is 17.6 Å². The van der Waals surface area contributed by atoms with Gasteiger partial charge in [-0.1, -0.05) is 0 Å². The molecule has 1 N–H and O–H groups in total. The molecular weight excluding hydrogens is 252 g/mol. The zero-order valence-corrected chi connectivity index (χ0v) is 12.4. The van der Waals surface area contributed by atoms with E-state index in [1.807, 2.05) is 13.0 Å². The Kier molecular flexibility index (Phi) is 4.17. The minimum atomic E-state index is 0.432. The average Bonchev–Trinajstić information content (AvgIpc) is 2.88. The van der Waals surface area contributed by atoms with Gasteiger partial charge in [-0.25, -0.2) is 9.97 Å². The molecule has 1 aliphatic carbocycles. The van der Waals surface area contributed by atoms with E-state index in [-0.39, 0.29) is 0 Å². The molecule has 0 bridgehead atoms. The summed E-state index contributed by atoms with van der Waals surface area (Å²) in [6.07, 6.45) is 4.17. The van der Waals surface area contributed by atoms with Gasteiger partial charge in [-0.2, -0.15) is 0 Å². The van der Waals surface area contributed by atoms with Gasteiger partial charge in [0.2, 0.25) is 0 Å². The molecule has 3 rings (SSSR count). The van der Waals surface area contributed by atoms with Gasteiger partial charge in [-0.05, 0) is 33.1 Å². The van der Waals surface area contributed by atoms with Crippen LogP contribution in [0.5, 0.6) is 0 Å². The Morgan fingerprint density at radius 3 is 3.15 bits per heavy atom. The number of morpholine rings is 1. The second kappa shape index (κ2) is 6.06. The summed E-state index contributed by atoms with van der Waals surface area (Å²) in [5.41, 5.74) is 1.03. The van der Waals surface area contributed by atoms with Crippen molar-refractivity contribution in [1.82, 2.24) is 14.9 Å². The summed E-state index contributed by atoms with van der Waals surface area (Å²) in [6.45, 7) is 7.68. The number of hydrogen-bond donors (Lipinski definition) is 1. The molecule has 1 saturated carbocycles. The number of aryl methyl sites for hydroxylation is 1. The molecule has 0 aromatic carbocycles. The highest BCUT2D eigenvalue weighted by molar-refractivity contribution is 5.35. The van der Waals surface area contributed by atoms with Crippen LogP contribution in [0.4, 0.5) is 5.82 Å². The topological polar surface area (TPSA) is 50.3 Å². The van der Waals surface area contributed by atoms with Crippen molar-refractivity contribution in [2.45, 2.75) is 51.8 Å². The van der Waals surface area contributed by atoms with Gasteiger partial charge in [0.25, 0.3) is 0 Å². The number of nitrogens with zero attached hydrogens (tertiary/aromatic N) is 3. The third-order valence-corrected chi connectivity index (χ3v) is 4.20. The van der Waals surface area contributed by atoms with Crippen LogP contribution in [0, 0.1) is 6.92 Å². The van der Waals surface area contributed by atoms with E-state index < -0.39 is 0 Å². The Balaban J connectivity index is 1.73. The number of anilines is 1. The van der Waals surface area contributed by atoms with Crippen LogP contribution < -0.4 is 5.32 Å². The highest BCUT2D eigenvalue weighted by Crippen LogP contribution is 2.30. The molecule has 20 heavy (non-hydrogen) atoms. The first-order valence-corrected chi connectivity index (χ1v) is 7.70. The van der Waals surface area contributed by atoms with Crippen LogP contribution >= 0.6 is 0 Å². The quantitative estimate of drug-likeness (QED) is 0.911. The van der Waals surface area contributed by atoms with Crippen LogP contribution in [0.25, 0.3) is 0 Å². The van der Waals surface area contributed by atoms with E-state index in [0.717, 1.165) is 43.6 Å². The van der Waals surface area contributed by atoms with Crippen molar-refractivity contribution in [2.24, 2.45) is 0 Å². The fourth-order valence-electron chi connectivity index (χ4n) is 3.36. The summed E-state index contributed by atoms with van der Waals surface area (Å²) in [5.74, 6) is 1.86. The summed E-state index contributed by atoms with van der Waals surface area (Å²) < 4.78 is 5.86. The lowest BCUT2D eigenvalue weighted by Crippen LogP contribution is -2.48. The van der Waals surface area contributed by atoms with Crippen LogP contribution in [-0.2, 0) is 11.3 Å². The molecule has 0 radical (unpaired) electrons. The smallest absolute Gasteiger partial charge is 0.144 e. The van der Waals surface area contributed by atoms with Crippen molar-refractivity contribution in [2.75, 3.05) is 25.0 Å². The summed E-state index contributed by atoms with van der Waals surface area (Å²) in [4.78, 5) is 11.7. The Morgan fingerprint density at radius 2 is 2.30 bits per heavy atom. The molecule has 1 aromatic rings. The number of nitrogens with one attached hydrogen (secondary N) is 1. The zero-order valence-electron chi connectivity index (χ0n) is 12.4. The SMILES string of the molecule is CCNc1cc(C)nc(CN2CCOC3CCCC32)n1. The summed E-state index contributed by atoms with van der Waals surface area (Å²) >= 11 is 0. The zero-order chi connectivity index (χ0) is 13.9. The maximum absolute atomic E-state index is 5.86. The van der Waals surface area contributed by atoms with Gasteiger partial charge in [0.15, 0.2) is 0 Å². The fourth-order valence-corrected chi connectivity index (χ4v) is 3.36. The summed E-state index contributed by atoms with van der Waals surface area (Å²) in [5, 5.41) is 3.28. The lowest BCUT2D eigenvalue weighted by Gasteiger charge is -2.37. The molecule has 2 aliphatic rings. The molecule has 0 spiro atoms. The lowest BCUT2D eigenvalue weighted by molar-refractivity contribution is -0.0596. The van der Waals surface area contributed by atoms with Crippen molar-refractivity contribution < 1.29 is 4.74 Å². The largest absolute Gasteiger partial charge is 0.375 e. The monoisotopic (exact) mass is 276 g/mol. The minimum Gasteiger partial charge on any atom is -0.375 e. The molecule has 2 heterocycles. The Hall–Kier alpha value is -1.20. The molecule has 5 heteroatoms. The summed E-state index contributed by atoms with van der Waals surface area (Å²) in [7, 11) is 0. The molecule has 1 aliphatic heterocycles. The fraction of sp³-hybridized carbons (Fsp3) is 0.733. The molecule has 5 nitrogen and oxygen atoms in total. The molecule has 2 unspecified atom stereocenters. The van der Waals surface area contributed by atoms with Crippen LogP contribution in [0.3, 0.4) is 0 Å². The lowest BCUT2D eigenvalue weighted by atomic mass is 10.1. The van der Waals surface area contributed by atoms with Gasteiger partial charge in [-0.3, -0.25) is 4.90 Å². The number of ether oxygens (including phenoxy) is 1. The molecule has 110 valence electrons. The first-order chi connectivity index (χ1) is 9.76. The van der Waals surface area contributed by atoms with Crippen molar-refractivity contribution in [3.63, 3.8) is 0 Å². The number of fused-ring (bicyclic) bond motifs is 1. The molecule has 1 aromatic heterocycles. The van der Waals surface area contributed by atoms with E-state index in [0.29, 0.717) is 12.1 Å². The Labute approximate surface area is 120 Å². The van der Waals surface area contributed by atoms with Crippen LogP contribution in [0.1, 0.15) is 37.7 Å². The van der Waals surface area contributed by atoms with E-state index in [4.69, 9.17) is 4.74 Å². The molecule has 1 saturated heterocycles. The van der Waals surface area contributed by atoms with E-state index in [9.17, 15) is 0 Å². The molecule has 0 amide bonds. The first-order valence-electron chi connectivity index (χ1n) is 7.70. The normalized spacial score (nSPS) is 26.5. The Bertz CT molecular complexity index is 465. The standard InChI is InChI=1S/C15H24N4O/c1-3-16-14-9-11(2)17-15(18-14)10-19-7-8-20-13-6-4-5-12(13)19/h9,12-13H,3-8,10H2,1-2H3,(H,16,17,18). The van der Waals surface area contributed by atoms with Crippen LogP contribution in [-0.4, -0.2) is 46.7 Å². The highest BCUT2D eigenvalue weighted by Gasteiger charge is 2.36. The van der Waals surface area contributed by atoms with Crippen LogP contribution in [0.2, 0.25) is 0 Å². The number of rotatable bonds is 4. The van der Waals surface area contributed by atoms with Gasteiger partial charge in [0.1, 0.15) is 11.6 Å². The predicted molar refractivity (Wildman–Crippen MR) is 78.7 cm³/mol. The minimum absolute atomic E-state index is 0.432. The predicted octanol–water partition coefficient (Wildman–Crippen LogP) is 1.97. The Morgan fingerprint density at radius 1 is 1.40 bits per heavy atom. The third-order valence-electron chi connectivity index (χ3n) is 4.20. The van der Waals surface area contributed by atoms with E-state index >= 15 is 0 Å². The van der Waals surface area contributed by atoms with E-state index in [1.165, 1.54) is 19.3 Å². The van der Waals surface area contributed by atoms with Gasteiger partial charge in [0.05, 0.1) is 19.3 Å². The van der Waals surface area contributed by atoms with E-state index in [2.05, 4.69) is 27.1 Å². The van der Waals surface area contributed by atoms with Crippen molar-refractivity contribution in [1.29, 1.82) is 0 Å². The van der Waals surface area contributed by atoms with E-state index in [1.54, 1.807) is 0 Å². The second-order valence-electron chi connectivity index (χ2n) is 5.72. The second-order valence-corrected chi connectivity index (χ2v) is 5.72. The van der Waals surface area contributed by atoms with Gasteiger partial charge in [0, 0.05) is 30.9 Å². The molecule has 2 atom stereocenters. The van der Waals surface area contributed by atoms with Gasteiger partial charge in [-0.15, -0.1) is 0 Å². The van der Waals surface area contributed by atoms with Gasteiger partial charge < -0.3 is 10.1 Å². The van der Waals surface area contributed by atoms with Gasteiger partial charge >= 0.3 is 0 Å². The molecular formula is C15H24N4O. The molecule has 2 fully saturated rings. The number of aromatic nitrogens is 2. The third kappa shape index (κ3) is 2.94. The maximum atomic E-state index is 5.86.